The van der Waals surface area contributed by atoms with E-state index in [0.29, 0.717) is 26.7 Å². The highest BCUT2D eigenvalue weighted by atomic mass is 79.9. The molecular formula is C13H10BrCl3N2. The summed E-state index contributed by atoms with van der Waals surface area (Å²) < 4.78 is 0.886. The van der Waals surface area contributed by atoms with Crippen LogP contribution in [0.5, 0.6) is 0 Å². The SMILES string of the molecule is CC(C)c1c(Cl)nc(-c2ccc(Br)cc2Cl)nc1Cl. The molecule has 19 heavy (non-hydrogen) atoms. The van der Waals surface area contributed by atoms with Crippen LogP contribution in [0.3, 0.4) is 0 Å². The molecule has 0 spiro atoms. The van der Waals surface area contributed by atoms with Crippen LogP contribution in [0.25, 0.3) is 11.4 Å². The van der Waals surface area contributed by atoms with E-state index in [9.17, 15) is 0 Å². The molecule has 0 saturated heterocycles. The Labute approximate surface area is 135 Å². The average molecular weight is 380 g/mol. The fraction of sp³-hybridized carbons (Fsp3) is 0.231. The first kappa shape index (κ1) is 15.0. The third-order valence-electron chi connectivity index (χ3n) is 2.60. The Morgan fingerprint density at radius 2 is 1.63 bits per heavy atom. The zero-order valence-corrected chi connectivity index (χ0v) is 14.1. The summed E-state index contributed by atoms with van der Waals surface area (Å²) in [5.74, 6) is 0.589. The van der Waals surface area contributed by atoms with Crippen LogP contribution in [0.4, 0.5) is 0 Å². The Hall–Kier alpha value is -0.350. The van der Waals surface area contributed by atoms with Gasteiger partial charge in [-0.05, 0) is 24.1 Å². The summed E-state index contributed by atoms with van der Waals surface area (Å²) in [6.45, 7) is 3.98. The van der Waals surface area contributed by atoms with E-state index in [1.807, 2.05) is 26.0 Å². The molecular weight excluding hydrogens is 370 g/mol. The molecule has 0 fully saturated rings. The van der Waals surface area contributed by atoms with Crippen molar-refractivity contribution in [2.75, 3.05) is 0 Å². The number of rotatable bonds is 2. The Bertz CT molecular complexity index is 606. The van der Waals surface area contributed by atoms with Crippen molar-refractivity contribution in [3.8, 4) is 11.4 Å². The number of aromatic nitrogens is 2. The second-order valence-corrected chi connectivity index (χ2v) is 6.36. The van der Waals surface area contributed by atoms with Gasteiger partial charge in [-0.2, -0.15) is 0 Å². The van der Waals surface area contributed by atoms with Crippen molar-refractivity contribution in [3.05, 3.63) is 43.6 Å². The van der Waals surface area contributed by atoms with Crippen LogP contribution in [0, 0.1) is 0 Å². The van der Waals surface area contributed by atoms with Crippen molar-refractivity contribution in [2.45, 2.75) is 19.8 Å². The van der Waals surface area contributed by atoms with Gasteiger partial charge in [0.05, 0.1) is 5.02 Å². The molecule has 1 heterocycles. The van der Waals surface area contributed by atoms with Gasteiger partial charge in [-0.25, -0.2) is 9.97 Å². The van der Waals surface area contributed by atoms with E-state index in [1.54, 1.807) is 6.07 Å². The van der Waals surface area contributed by atoms with Crippen LogP contribution in [-0.2, 0) is 0 Å². The molecule has 1 aromatic heterocycles. The highest BCUT2D eigenvalue weighted by Crippen LogP contribution is 2.34. The fourth-order valence-corrected chi connectivity index (χ4v) is 3.27. The molecule has 0 N–H and O–H groups in total. The highest BCUT2D eigenvalue weighted by molar-refractivity contribution is 9.10. The lowest BCUT2D eigenvalue weighted by Crippen LogP contribution is -1.99. The molecule has 0 radical (unpaired) electrons. The highest BCUT2D eigenvalue weighted by Gasteiger charge is 2.16. The lowest BCUT2D eigenvalue weighted by atomic mass is 10.1. The van der Waals surface area contributed by atoms with Gasteiger partial charge in [0, 0.05) is 15.6 Å². The zero-order chi connectivity index (χ0) is 14.2. The maximum atomic E-state index is 6.18. The fourth-order valence-electron chi connectivity index (χ4n) is 1.68. The van der Waals surface area contributed by atoms with Crippen molar-refractivity contribution < 1.29 is 0 Å². The van der Waals surface area contributed by atoms with Gasteiger partial charge in [0.1, 0.15) is 10.3 Å². The standard InChI is InChI=1S/C13H10BrCl3N2/c1-6(2)10-11(16)18-13(19-12(10)17)8-4-3-7(14)5-9(8)15/h3-6H,1-2H3. The van der Waals surface area contributed by atoms with Crippen LogP contribution in [-0.4, -0.2) is 9.97 Å². The summed E-state index contributed by atoms with van der Waals surface area (Å²) in [6, 6.07) is 5.46. The number of halogens is 4. The van der Waals surface area contributed by atoms with Gasteiger partial charge in [-0.15, -0.1) is 0 Å². The van der Waals surface area contributed by atoms with Crippen molar-refractivity contribution >= 4 is 50.7 Å². The third kappa shape index (κ3) is 3.22. The predicted octanol–water partition coefficient (Wildman–Crippen LogP) is 5.99. The first-order valence-corrected chi connectivity index (χ1v) is 7.51. The summed E-state index contributed by atoms with van der Waals surface area (Å²) in [6.07, 6.45) is 0. The normalized spacial score (nSPS) is 11.1. The molecule has 6 heteroatoms. The summed E-state index contributed by atoms with van der Waals surface area (Å²) >= 11 is 21.9. The molecule has 0 unspecified atom stereocenters. The van der Waals surface area contributed by atoms with Crippen LogP contribution < -0.4 is 0 Å². The zero-order valence-electron chi connectivity index (χ0n) is 10.2. The maximum Gasteiger partial charge on any atom is 0.164 e. The van der Waals surface area contributed by atoms with Gasteiger partial charge in [-0.3, -0.25) is 0 Å². The average Bonchev–Trinajstić information content (AvgIpc) is 2.26. The van der Waals surface area contributed by atoms with E-state index >= 15 is 0 Å². The lowest BCUT2D eigenvalue weighted by Gasteiger charge is -2.11. The molecule has 0 bridgehead atoms. The summed E-state index contributed by atoms with van der Waals surface area (Å²) in [7, 11) is 0. The van der Waals surface area contributed by atoms with E-state index < -0.39 is 0 Å². The van der Waals surface area contributed by atoms with Crippen molar-refractivity contribution in [3.63, 3.8) is 0 Å². The third-order valence-corrected chi connectivity index (χ3v) is 3.98. The Kier molecular flexibility index (Phi) is 4.72. The summed E-state index contributed by atoms with van der Waals surface area (Å²) in [5, 5.41) is 1.27. The topological polar surface area (TPSA) is 25.8 Å². The summed E-state index contributed by atoms with van der Waals surface area (Å²) in [5.41, 5.74) is 1.45. The molecule has 1 aromatic carbocycles. The van der Waals surface area contributed by atoms with Crippen LogP contribution in [0.1, 0.15) is 25.3 Å². The Balaban J connectivity index is 2.58. The lowest BCUT2D eigenvalue weighted by molar-refractivity contribution is 0.848. The van der Waals surface area contributed by atoms with Gasteiger partial charge < -0.3 is 0 Å². The van der Waals surface area contributed by atoms with Gasteiger partial charge in [0.15, 0.2) is 5.82 Å². The molecule has 2 nitrogen and oxygen atoms in total. The van der Waals surface area contributed by atoms with Gasteiger partial charge in [-0.1, -0.05) is 64.6 Å². The molecule has 2 aromatic rings. The first-order valence-electron chi connectivity index (χ1n) is 5.58. The predicted molar refractivity (Wildman–Crippen MR) is 84.3 cm³/mol. The van der Waals surface area contributed by atoms with Crippen molar-refractivity contribution in [1.82, 2.24) is 9.97 Å². The van der Waals surface area contributed by atoms with E-state index in [2.05, 4.69) is 25.9 Å². The molecule has 0 aliphatic carbocycles. The van der Waals surface area contributed by atoms with Crippen molar-refractivity contribution in [2.24, 2.45) is 0 Å². The smallest absolute Gasteiger partial charge is 0.164 e. The number of hydrogen-bond donors (Lipinski definition) is 0. The molecule has 0 atom stereocenters. The number of nitrogens with zero attached hydrogens (tertiary/aromatic N) is 2. The molecule has 0 aliphatic rings. The first-order chi connectivity index (χ1) is 8.90. The van der Waals surface area contributed by atoms with E-state index in [-0.39, 0.29) is 5.92 Å². The second-order valence-electron chi connectivity index (χ2n) is 4.32. The quantitative estimate of drug-likeness (QED) is 0.598. The minimum Gasteiger partial charge on any atom is -0.216 e. The maximum absolute atomic E-state index is 6.18. The summed E-state index contributed by atoms with van der Waals surface area (Å²) in [4.78, 5) is 8.57. The van der Waals surface area contributed by atoms with E-state index in [0.717, 1.165) is 10.0 Å². The van der Waals surface area contributed by atoms with E-state index in [1.165, 1.54) is 0 Å². The molecule has 0 aliphatic heterocycles. The van der Waals surface area contributed by atoms with E-state index in [4.69, 9.17) is 34.8 Å². The number of hydrogen-bond acceptors (Lipinski definition) is 2. The van der Waals surface area contributed by atoms with Gasteiger partial charge >= 0.3 is 0 Å². The molecule has 0 saturated carbocycles. The Morgan fingerprint density at radius 3 is 2.11 bits per heavy atom. The second kappa shape index (κ2) is 5.96. The minimum absolute atomic E-state index is 0.162. The van der Waals surface area contributed by atoms with Crippen molar-refractivity contribution in [1.29, 1.82) is 0 Å². The minimum atomic E-state index is 0.162. The molecule has 100 valence electrons. The largest absolute Gasteiger partial charge is 0.216 e. The van der Waals surface area contributed by atoms with Gasteiger partial charge in [0.2, 0.25) is 0 Å². The van der Waals surface area contributed by atoms with Crippen LogP contribution in [0.2, 0.25) is 15.3 Å². The Morgan fingerprint density at radius 1 is 1.05 bits per heavy atom. The number of benzene rings is 1. The molecule has 2 rings (SSSR count). The van der Waals surface area contributed by atoms with Gasteiger partial charge in [0.25, 0.3) is 0 Å². The van der Waals surface area contributed by atoms with Crippen LogP contribution >= 0.6 is 50.7 Å². The monoisotopic (exact) mass is 378 g/mol. The molecule has 0 amide bonds. The van der Waals surface area contributed by atoms with Crippen LogP contribution in [0.15, 0.2) is 22.7 Å².